The van der Waals surface area contributed by atoms with E-state index in [0.717, 1.165) is 0 Å². The molecular weight excluding hydrogens is 328 g/mol. The maximum absolute atomic E-state index is 12.1. The van der Waals surface area contributed by atoms with Crippen molar-refractivity contribution >= 4 is 33.4 Å². The van der Waals surface area contributed by atoms with E-state index in [1.165, 1.54) is 9.36 Å². The number of nitrogens with zero attached hydrogens (tertiary/aromatic N) is 4. The van der Waals surface area contributed by atoms with E-state index in [2.05, 4.69) is 31.4 Å². The lowest BCUT2D eigenvalue weighted by Crippen LogP contribution is -2.18. The average molecular weight is 341 g/mol. The minimum Gasteiger partial charge on any atom is -0.364 e. The number of amides is 2. The maximum atomic E-state index is 12.1. The minimum absolute atomic E-state index is 0.0206. The quantitative estimate of drug-likeness (QED) is 0.855. The van der Waals surface area contributed by atoms with Gasteiger partial charge in [-0.05, 0) is 22.9 Å². The van der Waals surface area contributed by atoms with E-state index in [0.29, 0.717) is 11.0 Å². The van der Waals surface area contributed by atoms with Crippen LogP contribution in [0.5, 0.6) is 0 Å². The normalized spacial score (nSPS) is 10.6. The van der Waals surface area contributed by atoms with Gasteiger partial charge in [-0.25, -0.2) is 0 Å². The summed E-state index contributed by atoms with van der Waals surface area (Å²) in [6, 6.07) is 0. The van der Waals surface area contributed by atoms with E-state index in [-0.39, 0.29) is 17.1 Å². The van der Waals surface area contributed by atoms with E-state index in [1.807, 2.05) is 6.92 Å². The summed E-state index contributed by atoms with van der Waals surface area (Å²) in [6.07, 6.45) is 3.20. The van der Waals surface area contributed by atoms with Crippen LogP contribution >= 0.6 is 15.9 Å². The molecular formula is C11H13BrN6O2. The van der Waals surface area contributed by atoms with E-state index in [1.54, 1.807) is 19.4 Å². The van der Waals surface area contributed by atoms with Gasteiger partial charge in [0.1, 0.15) is 0 Å². The van der Waals surface area contributed by atoms with E-state index in [9.17, 15) is 9.59 Å². The van der Waals surface area contributed by atoms with Crippen molar-refractivity contribution in [3.8, 4) is 0 Å². The first-order chi connectivity index (χ1) is 9.42. The molecule has 2 heterocycles. The van der Waals surface area contributed by atoms with Gasteiger partial charge in [0.25, 0.3) is 11.8 Å². The average Bonchev–Trinajstić information content (AvgIpc) is 2.92. The highest BCUT2D eigenvalue weighted by atomic mass is 79.9. The molecule has 0 saturated heterocycles. The summed E-state index contributed by atoms with van der Waals surface area (Å²) in [7, 11) is 1.70. The van der Waals surface area contributed by atoms with Gasteiger partial charge in [-0.1, -0.05) is 0 Å². The number of aryl methyl sites for hydroxylation is 2. The highest BCUT2D eigenvalue weighted by Crippen LogP contribution is 2.18. The SMILES string of the molecule is CCn1cc(NC(=O)c2nn(C)cc2Br)c(C(N)=O)n1. The van der Waals surface area contributed by atoms with Gasteiger partial charge in [-0.15, -0.1) is 0 Å². The second-order valence-corrected chi connectivity index (χ2v) is 4.92. The smallest absolute Gasteiger partial charge is 0.277 e. The Morgan fingerprint density at radius 2 is 2.05 bits per heavy atom. The van der Waals surface area contributed by atoms with Gasteiger partial charge in [-0.2, -0.15) is 10.2 Å². The summed E-state index contributed by atoms with van der Waals surface area (Å²) >= 11 is 3.24. The topological polar surface area (TPSA) is 108 Å². The molecule has 8 nitrogen and oxygen atoms in total. The highest BCUT2D eigenvalue weighted by Gasteiger charge is 2.19. The summed E-state index contributed by atoms with van der Waals surface area (Å²) in [4.78, 5) is 23.4. The predicted octanol–water partition coefficient (Wildman–Crippen LogP) is 0.750. The van der Waals surface area contributed by atoms with Crippen LogP contribution in [0.4, 0.5) is 5.69 Å². The lowest BCUT2D eigenvalue weighted by atomic mass is 10.3. The van der Waals surface area contributed by atoms with E-state index in [4.69, 9.17) is 5.73 Å². The fourth-order valence-electron chi connectivity index (χ4n) is 1.65. The number of nitrogens with two attached hydrogens (primary N) is 1. The van der Waals surface area contributed by atoms with Gasteiger partial charge >= 0.3 is 0 Å². The zero-order valence-electron chi connectivity index (χ0n) is 10.9. The molecule has 0 radical (unpaired) electrons. The lowest BCUT2D eigenvalue weighted by Gasteiger charge is -2.01. The molecule has 2 amide bonds. The Balaban J connectivity index is 2.30. The first-order valence-electron chi connectivity index (χ1n) is 5.80. The van der Waals surface area contributed by atoms with Crippen LogP contribution in [0.1, 0.15) is 27.9 Å². The molecule has 106 valence electrons. The fourth-order valence-corrected chi connectivity index (χ4v) is 2.21. The molecule has 0 aliphatic heterocycles. The number of carbonyl (C=O) groups is 2. The van der Waals surface area contributed by atoms with Crippen molar-refractivity contribution in [1.82, 2.24) is 19.6 Å². The van der Waals surface area contributed by atoms with Crippen LogP contribution in [-0.4, -0.2) is 31.4 Å². The van der Waals surface area contributed by atoms with E-state index < -0.39 is 11.8 Å². The molecule has 3 N–H and O–H groups in total. The molecule has 0 bridgehead atoms. The minimum atomic E-state index is -0.701. The number of anilines is 1. The van der Waals surface area contributed by atoms with Crippen molar-refractivity contribution in [3.05, 3.63) is 28.3 Å². The van der Waals surface area contributed by atoms with Crippen LogP contribution in [0, 0.1) is 0 Å². The van der Waals surface area contributed by atoms with Crippen LogP contribution < -0.4 is 11.1 Å². The second-order valence-electron chi connectivity index (χ2n) is 4.06. The van der Waals surface area contributed by atoms with Gasteiger partial charge < -0.3 is 11.1 Å². The van der Waals surface area contributed by atoms with Crippen molar-refractivity contribution < 1.29 is 9.59 Å². The summed E-state index contributed by atoms with van der Waals surface area (Å²) in [5.74, 6) is -1.15. The Morgan fingerprint density at radius 1 is 1.35 bits per heavy atom. The third-order valence-corrected chi connectivity index (χ3v) is 3.15. The molecule has 0 aliphatic carbocycles. The Bertz CT molecular complexity index is 675. The highest BCUT2D eigenvalue weighted by molar-refractivity contribution is 9.10. The number of aromatic nitrogens is 4. The molecule has 20 heavy (non-hydrogen) atoms. The molecule has 0 atom stereocenters. The van der Waals surface area contributed by atoms with Gasteiger partial charge in [0.15, 0.2) is 11.4 Å². The zero-order valence-corrected chi connectivity index (χ0v) is 12.5. The molecule has 2 rings (SSSR count). The Morgan fingerprint density at radius 3 is 2.55 bits per heavy atom. The van der Waals surface area contributed by atoms with Crippen molar-refractivity contribution in [2.75, 3.05) is 5.32 Å². The Labute approximate surface area is 123 Å². The van der Waals surface area contributed by atoms with E-state index >= 15 is 0 Å². The molecule has 2 aromatic rings. The van der Waals surface area contributed by atoms with Gasteiger partial charge in [0, 0.05) is 26.0 Å². The van der Waals surface area contributed by atoms with Gasteiger partial charge in [0.2, 0.25) is 0 Å². The molecule has 2 aromatic heterocycles. The zero-order chi connectivity index (χ0) is 14.9. The van der Waals surface area contributed by atoms with Crippen LogP contribution in [0.25, 0.3) is 0 Å². The summed E-state index contributed by atoms with van der Waals surface area (Å²) in [5, 5.41) is 10.6. The van der Waals surface area contributed by atoms with Crippen LogP contribution in [0.3, 0.4) is 0 Å². The third-order valence-electron chi connectivity index (χ3n) is 2.57. The molecule has 0 saturated carbocycles. The number of rotatable bonds is 4. The first-order valence-corrected chi connectivity index (χ1v) is 6.59. The summed E-state index contributed by atoms with van der Waals surface area (Å²) in [6.45, 7) is 2.42. The van der Waals surface area contributed by atoms with Crippen LogP contribution in [0.2, 0.25) is 0 Å². The van der Waals surface area contributed by atoms with Gasteiger partial charge in [-0.3, -0.25) is 19.0 Å². The number of carbonyl (C=O) groups excluding carboxylic acids is 2. The fraction of sp³-hybridized carbons (Fsp3) is 0.273. The monoisotopic (exact) mass is 340 g/mol. The molecule has 9 heteroatoms. The standard InChI is InChI=1S/C11H13BrN6O2/c1-3-18-5-7(9(16-18)10(13)19)14-11(20)8-6(12)4-17(2)15-8/h4-5H,3H2,1-2H3,(H2,13,19)(H,14,20). The molecule has 0 aromatic carbocycles. The Hall–Kier alpha value is -2.16. The van der Waals surface area contributed by atoms with Crippen molar-refractivity contribution in [2.24, 2.45) is 12.8 Å². The third kappa shape index (κ3) is 2.72. The summed E-state index contributed by atoms with van der Waals surface area (Å²) < 4.78 is 3.58. The number of halogens is 1. The largest absolute Gasteiger partial charge is 0.364 e. The molecule has 0 aliphatic rings. The Kier molecular flexibility index (Phi) is 3.89. The number of primary amides is 1. The maximum Gasteiger partial charge on any atom is 0.277 e. The van der Waals surface area contributed by atoms with Crippen molar-refractivity contribution in [3.63, 3.8) is 0 Å². The van der Waals surface area contributed by atoms with Crippen LogP contribution in [0.15, 0.2) is 16.9 Å². The summed E-state index contributed by atoms with van der Waals surface area (Å²) in [5.41, 5.74) is 5.74. The second kappa shape index (κ2) is 5.45. The molecule has 0 unspecified atom stereocenters. The number of nitrogens with one attached hydrogen (secondary N) is 1. The van der Waals surface area contributed by atoms with Crippen molar-refractivity contribution in [2.45, 2.75) is 13.5 Å². The van der Waals surface area contributed by atoms with Gasteiger partial charge in [0.05, 0.1) is 10.2 Å². The van der Waals surface area contributed by atoms with Crippen molar-refractivity contribution in [1.29, 1.82) is 0 Å². The first kappa shape index (κ1) is 14.3. The lowest BCUT2D eigenvalue weighted by molar-refractivity contribution is 0.0995. The van der Waals surface area contributed by atoms with Crippen LogP contribution in [-0.2, 0) is 13.6 Å². The number of hydrogen-bond donors (Lipinski definition) is 2. The molecule has 0 spiro atoms. The molecule has 0 fully saturated rings. The number of hydrogen-bond acceptors (Lipinski definition) is 4. The predicted molar refractivity (Wildman–Crippen MR) is 75.3 cm³/mol.